The highest BCUT2D eigenvalue weighted by Gasteiger charge is 2.21. The first-order chi connectivity index (χ1) is 6.32. The van der Waals surface area contributed by atoms with Crippen LogP contribution in [0.25, 0.3) is 0 Å². The van der Waals surface area contributed by atoms with Crippen molar-refractivity contribution in [1.29, 1.82) is 0 Å². The number of rotatable bonds is 1. The average Bonchev–Trinajstić information content (AvgIpc) is 2.02. The van der Waals surface area contributed by atoms with Gasteiger partial charge in [-0.15, -0.1) is 0 Å². The minimum absolute atomic E-state index is 0.182. The molecule has 4 heteroatoms. The van der Waals surface area contributed by atoms with Gasteiger partial charge in [-0.3, -0.25) is 0 Å². The minimum atomic E-state index is -1.49. The summed E-state index contributed by atoms with van der Waals surface area (Å²) < 4.78 is 0. The molecule has 0 aliphatic rings. The van der Waals surface area contributed by atoms with Crippen LogP contribution in [0.1, 0.15) is 26.3 Å². The van der Waals surface area contributed by atoms with Crippen LogP contribution in [0.4, 0.5) is 0 Å². The summed E-state index contributed by atoms with van der Waals surface area (Å²) in [5, 5.41) is 27.5. The number of aromatic hydroxyl groups is 1. The van der Waals surface area contributed by atoms with Crippen LogP contribution in [0.5, 0.6) is 5.75 Å². The second-order valence-electron chi connectivity index (χ2n) is 4.40. The Hall–Kier alpha value is -0.995. The van der Waals surface area contributed by atoms with Crippen LogP contribution in [-0.4, -0.2) is 22.3 Å². The largest absolute Gasteiger partial charge is 0.508 e. The van der Waals surface area contributed by atoms with Crippen LogP contribution in [0.2, 0.25) is 0 Å². The SMILES string of the molecule is CC(C)(C)c1cc(B(O)O)ccc1O. The Bertz CT molecular complexity index is 329. The molecule has 0 bridgehead atoms. The fourth-order valence-electron chi connectivity index (χ4n) is 1.31. The molecule has 1 aromatic carbocycles. The van der Waals surface area contributed by atoms with E-state index >= 15 is 0 Å². The predicted molar refractivity (Wildman–Crippen MR) is 56.6 cm³/mol. The highest BCUT2D eigenvalue weighted by atomic mass is 16.4. The monoisotopic (exact) mass is 194 g/mol. The van der Waals surface area contributed by atoms with Crippen LogP contribution in [-0.2, 0) is 5.41 Å². The van der Waals surface area contributed by atoms with Gasteiger partial charge in [0.2, 0.25) is 0 Å². The molecule has 0 amide bonds. The summed E-state index contributed by atoms with van der Waals surface area (Å²) in [6.07, 6.45) is 0. The second-order valence-corrected chi connectivity index (χ2v) is 4.40. The Morgan fingerprint density at radius 3 is 2.14 bits per heavy atom. The molecule has 0 saturated heterocycles. The molecule has 0 unspecified atom stereocenters. The van der Waals surface area contributed by atoms with E-state index in [1.54, 1.807) is 6.07 Å². The molecule has 3 N–H and O–H groups in total. The highest BCUT2D eigenvalue weighted by molar-refractivity contribution is 6.58. The molecule has 0 fully saturated rings. The van der Waals surface area contributed by atoms with Gasteiger partial charge in [0.1, 0.15) is 5.75 Å². The maximum Gasteiger partial charge on any atom is 0.488 e. The van der Waals surface area contributed by atoms with Crippen molar-refractivity contribution in [3.05, 3.63) is 23.8 Å². The van der Waals surface area contributed by atoms with Crippen LogP contribution >= 0.6 is 0 Å². The van der Waals surface area contributed by atoms with Gasteiger partial charge < -0.3 is 15.2 Å². The molecule has 0 heterocycles. The zero-order valence-electron chi connectivity index (χ0n) is 8.65. The number of phenols is 1. The molecule has 3 nitrogen and oxygen atoms in total. The van der Waals surface area contributed by atoms with Crippen molar-refractivity contribution in [2.45, 2.75) is 26.2 Å². The fourth-order valence-corrected chi connectivity index (χ4v) is 1.31. The zero-order chi connectivity index (χ0) is 10.9. The number of phenolic OH excluding ortho intramolecular Hbond substituents is 1. The van der Waals surface area contributed by atoms with Crippen molar-refractivity contribution in [3.8, 4) is 5.75 Å². The molecular weight excluding hydrogens is 179 g/mol. The number of hydrogen-bond donors (Lipinski definition) is 3. The molecule has 14 heavy (non-hydrogen) atoms. The molecular formula is C10H15BO3. The van der Waals surface area contributed by atoms with Gasteiger partial charge in [-0.1, -0.05) is 32.9 Å². The van der Waals surface area contributed by atoms with Crippen molar-refractivity contribution in [1.82, 2.24) is 0 Å². The molecule has 0 atom stereocenters. The third-order valence-corrected chi connectivity index (χ3v) is 2.13. The van der Waals surface area contributed by atoms with Gasteiger partial charge in [-0.25, -0.2) is 0 Å². The van der Waals surface area contributed by atoms with Gasteiger partial charge in [-0.05, 0) is 22.5 Å². The lowest BCUT2D eigenvalue weighted by Crippen LogP contribution is -2.31. The summed E-state index contributed by atoms with van der Waals surface area (Å²) in [7, 11) is -1.49. The summed E-state index contributed by atoms with van der Waals surface area (Å²) in [6, 6.07) is 4.59. The first kappa shape index (κ1) is 11.1. The molecule has 0 aliphatic heterocycles. The van der Waals surface area contributed by atoms with Gasteiger partial charge in [-0.2, -0.15) is 0 Å². The maximum absolute atomic E-state index is 9.59. The van der Waals surface area contributed by atoms with E-state index in [9.17, 15) is 5.11 Å². The number of hydrogen-bond acceptors (Lipinski definition) is 3. The molecule has 76 valence electrons. The predicted octanol–water partition coefficient (Wildman–Crippen LogP) is 0.369. The van der Waals surface area contributed by atoms with Crippen molar-refractivity contribution in [2.24, 2.45) is 0 Å². The van der Waals surface area contributed by atoms with E-state index in [2.05, 4.69) is 0 Å². The quantitative estimate of drug-likeness (QED) is 0.566. The van der Waals surface area contributed by atoms with E-state index < -0.39 is 7.12 Å². The standard InChI is InChI=1S/C10H15BO3/c1-10(2,3)8-6-7(11(13)14)4-5-9(8)12/h4-6,12-14H,1-3H3. The molecule has 0 radical (unpaired) electrons. The highest BCUT2D eigenvalue weighted by Crippen LogP contribution is 2.29. The summed E-state index contributed by atoms with van der Waals surface area (Å²) >= 11 is 0. The smallest absolute Gasteiger partial charge is 0.488 e. The Kier molecular flexibility index (Phi) is 2.88. The molecule has 0 spiro atoms. The van der Waals surface area contributed by atoms with E-state index in [4.69, 9.17) is 10.0 Å². The van der Waals surface area contributed by atoms with Crippen LogP contribution in [0.15, 0.2) is 18.2 Å². The van der Waals surface area contributed by atoms with Crippen molar-refractivity contribution >= 4 is 12.6 Å². The van der Waals surface area contributed by atoms with Gasteiger partial charge in [0, 0.05) is 0 Å². The first-order valence-electron chi connectivity index (χ1n) is 4.52. The van der Waals surface area contributed by atoms with Crippen molar-refractivity contribution in [3.63, 3.8) is 0 Å². The molecule has 0 saturated carbocycles. The van der Waals surface area contributed by atoms with Gasteiger partial charge in [0.25, 0.3) is 0 Å². The Morgan fingerprint density at radius 2 is 1.71 bits per heavy atom. The van der Waals surface area contributed by atoms with Crippen LogP contribution in [0.3, 0.4) is 0 Å². The second kappa shape index (κ2) is 3.63. The minimum Gasteiger partial charge on any atom is -0.508 e. The summed E-state index contributed by atoms with van der Waals surface area (Å²) in [6.45, 7) is 5.86. The average molecular weight is 194 g/mol. The third kappa shape index (κ3) is 2.27. The lowest BCUT2D eigenvalue weighted by atomic mass is 9.76. The Labute approximate surface area is 84.2 Å². The molecule has 1 rings (SSSR count). The normalized spacial score (nSPS) is 11.5. The van der Waals surface area contributed by atoms with E-state index in [0.29, 0.717) is 11.0 Å². The van der Waals surface area contributed by atoms with E-state index in [1.165, 1.54) is 12.1 Å². The van der Waals surface area contributed by atoms with E-state index in [1.807, 2.05) is 20.8 Å². The molecule has 0 aromatic heterocycles. The summed E-state index contributed by atoms with van der Waals surface area (Å²) in [5.74, 6) is 0.182. The van der Waals surface area contributed by atoms with E-state index in [-0.39, 0.29) is 11.2 Å². The molecule has 1 aromatic rings. The summed E-state index contributed by atoms with van der Waals surface area (Å²) in [5.41, 5.74) is 0.894. The number of benzene rings is 1. The van der Waals surface area contributed by atoms with Crippen molar-refractivity contribution < 1.29 is 15.2 Å². The van der Waals surface area contributed by atoms with Gasteiger partial charge in [0.05, 0.1) is 0 Å². The Morgan fingerprint density at radius 1 is 1.14 bits per heavy atom. The third-order valence-electron chi connectivity index (χ3n) is 2.13. The van der Waals surface area contributed by atoms with Gasteiger partial charge >= 0.3 is 7.12 Å². The Balaban J connectivity index is 3.22. The lowest BCUT2D eigenvalue weighted by Gasteiger charge is -2.21. The zero-order valence-corrected chi connectivity index (χ0v) is 8.65. The van der Waals surface area contributed by atoms with Crippen molar-refractivity contribution in [2.75, 3.05) is 0 Å². The topological polar surface area (TPSA) is 60.7 Å². The van der Waals surface area contributed by atoms with Gasteiger partial charge in [0.15, 0.2) is 0 Å². The van der Waals surface area contributed by atoms with Crippen LogP contribution in [0, 0.1) is 0 Å². The summed E-state index contributed by atoms with van der Waals surface area (Å²) in [4.78, 5) is 0. The van der Waals surface area contributed by atoms with E-state index in [0.717, 1.165) is 0 Å². The van der Waals surface area contributed by atoms with Crippen LogP contribution < -0.4 is 5.46 Å². The first-order valence-corrected chi connectivity index (χ1v) is 4.52. The lowest BCUT2D eigenvalue weighted by molar-refractivity contribution is 0.425. The fraction of sp³-hybridized carbons (Fsp3) is 0.400. The maximum atomic E-state index is 9.59. The molecule has 0 aliphatic carbocycles.